The second-order valence-corrected chi connectivity index (χ2v) is 9.85. The molecule has 2 aromatic rings. The summed E-state index contributed by atoms with van der Waals surface area (Å²) in [5.41, 5.74) is 0.639. The van der Waals surface area contributed by atoms with E-state index in [0.717, 1.165) is 39.6 Å². The standard InChI is InChI=1S/C22H25BrN4O.C2H7N/c1-2-13-7-17-8-14(13)12-27(17)16-5-3-15(4-6-16)26-22-21(23)19-9-18(10-24)28-20(19)11-25-22;1-3-2/h2,9,11,13-17H,1,3-8,12H2,(H,25,26);3H,1-2H3. The molecule has 0 radical (unpaired) electrons. The molecular formula is C24H32BrN5O. The van der Waals surface area contributed by atoms with Crippen LogP contribution in [-0.2, 0) is 0 Å². The van der Waals surface area contributed by atoms with Crippen molar-refractivity contribution in [1.82, 2.24) is 15.2 Å². The number of likely N-dealkylation sites (tertiary alicyclic amines) is 1. The minimum atomic E-state index is 0.314. The normalized spacial score (nSPS) is 29.9. The van der Waals surface area contributed by atoms with Gasteiger partial charge >= 0.3 is 0 Å². The Morgan fingerprint density at radius 3 is 2.61 bits per heavy atom. The van der Waals surface area contributed by atoms with Gasteiger partial charge < -0.3 is 15.1 Å². The lowest BCUT2D eigenvalue weighted by Crippen LogP contribution is -2.45. The van der Waals surface area contributed by atoms with E-state index < -0.39 is 0 Å². The lowest BCUT2D eigenvalue weighted by atomic mass is 9.87. The Morgan fingerprint density at radius 1 is 1.26 bits per heavy atom. The maximum Gasteiger partial charge on any atom is 0.204 e. The number of nitriles is 1. The monoisotopic (exact) mass is 485 g/mol. The number of nitrogens with one attached hydrogen (secondary N) is 2. The van der Waals surface area contributed by atoms with Crippen LogP contribution in [0.4, 0.5) is 5.82 Å². The fourth-order valence-corrected chi connectivity index (χ4v) is 6.17. The Kier molecular flexibility index (Phi) is 7.00. The molecule has 2 N–H and O–H groups in total. The average Bonchev–Trinajstić information content (AvgIpc) is 3.50. The molecule has 0 aromatic carbocycles. The third-order valence-electron chi connectivity index (χ3n) is 7.07. The minimum absolute atomic E-state index is 0.314. The summed E-state index contributed by atoms with van der Waals surface area (Å²) in [6, 6.07) is 5.79. The third kappa shape index (κ3) is 4.52. The smallest absolute Gasteiger partial charge is 0.204 e. The van der Waals surface area contributed by atoms with E-state index >= 15 is 0 Å². The van der Waals surface area contributed by atoms with Gasteiger partial charge in [0.25, 0.3) is 0 Å². The lowest BCUT2D eigenvalue weighted by molar-refractivity contribution is 0.104. The van der Waals surface area contributed by atoms with E-state index in [9.17, 15) is 0 Å². The number of furan rings is 1. The van der Waals surface area contributed by atoms with Gasteiger partial charge in [0.15, 0.2) is 5.58 Å². The Hall–Kier alpha value is -1.88. The fraction of sp³-hybridized carbons (Fsp3) is 0.583. The highest BCUT2D eigenvalue weighted by molar-refractivity contribution is 9.10. The van der Waals surface area contributed by atoms with Crippen molar-refractivity contribution in [2.24, 2.45) is 11.8 Å². The van der Waals surface area contributed by atoms with Gasteiger partial charge in [0.05, 0.1) is 10.7 Å². The van der Waals surface area contributed by atoms with Crippen LogP contribution in [-0.4, -0.2) is 48.6 Å². The van der Waals surface area contributed by atoms with Gasteiger partial charge in [-0.25, -0.2) is 4.98 Å². The van der Waals surface area contributed by atoms with E-state index in [1.54, 1.807) is 12.3 Å². The molecule has 3 aliphatic rings. The number of hydrogen-bond acceptors (Lipinski definition) is 6. The van der Waals surface area contributed by atoms with Gasteiger partial charge in [-0.05, 0) is 80.4 Å². The number of pyridine rings is 1. The van der Waals surface area contributed by atoms with Gasteiger partial charge in [-0.1, -0.05) is 6.08 Å². The zero-order valence-electron chi connectivity index (χ0n) is 18.4. The maximum absolute atomic E-state index is 9.04. The van der Waals surface area contributed by atoms with Crippen molar-refractivity contribution in [2.45, 2.75) is 56.7 Å². The molecule has 7 heteroatoms. The molecule has 5 rings (SSSR count). The van der Waals surface area contributed by atoms with E-state index in [0.29, 0.717) is 17.4 Å². The topological polar surface area (TPSA) is 77.1 Å². The van der Waals surface area contributed by atoms with Gasteiger partial charge in [-0.15, -0.1) is 6.58 Å². The average molecular weight is 486 g/mol. The Labute approximate surface area is 193 Å². The van der Waals surface area contributed by atoms with Gasteiger partial charge in [0, 0.05) is 36.1 Å². The van der Waals surface area contributed by atoms with Crippen molar-refractivity contribution >= 4 is 32.7 Å². The zero-order valence-corrected chi connectivity index (χ0v) is 20.0. The first-order valence-corrected chi connectivity index (χ1v) is 12.1. The van der Waals surface area contributed by atoms with Crippen molar-refractivity contribution in [3.05, 3.63) is 35.2 Å². The molecule has 2 aliphatic carbocycles. The van der Waals surface area contributed by atoms with Crippen LogP contribution in [0.3, 0.4) is 0 Å². The summed E-state index contributed by atoms with van der Waals surface area (Å²) in [4.78, 5) is 7.31. The number of allylic oxidation sites excluding steroid dienone is 1. The van der Waals surface area contributed by atoms with Crippen LogP contribution in [0, 0.1) is 23.2 Å². The van der Waals surface area contributed by atoms with E-state index in [2.05, 4.69) is 49.1 Å². The lowest BCUT2D eigenvalue weighted by Gasteiger charge is -2.40. The Balaban J connectivity index is 0.000000730. The van der Waals surface area contributed by atoms with Crippen LogP contribution in [0.25, 0.3) is 11.0 Å². The van der Waals surface area contributed by atoms with Crippen molar-refractivity contribution in [3.8, 4) is 6.07 Å². The molecule has 3 atom stereocenters. The first-order valence-electron chi connectivity index (χ1n) is 11.3. The summed E-state index contributed by atoms with van der Waals surface area (Å²) in [6.07, 6.45) is 11.4. The summed E-state index contributed by atoms with van der Waals surface area (Å²) >= 11 is 3.64. The molecule has 0 amide bonds. The highest BCUT2D eigenvalue weighted by atomic mass is 79.9. The van der Waals surface area contributed by atoms with Crippen LogP contribution in [0.5, 0.6) is 0 Å². The highest BCUT2D eigenvalue weighted by Crippen LogP contribution is 2.45. The van der Waals surface area contributed by atoms with Gasteiger partial charge in [-0.3, -0.25) is 4.90 Å². The maximum atomic E-state index is 9.04. The van der Waals surface area contributed by atoms with Gasteiger partial charge in [-0.2, -0.15) is 5.26 Å². The molecule has 2 bridgehead atoms. The summed E-state index contributed by atoms with van der Waals surface area (Å²) in [5.74, 6) is 2.75. The van der Waals surface area contributed by atoms with Crippen molar-refractivity contribution < 1.29 is 4.42 Å². The van der Waals surface area contributed by atoms with Gasteiger partial charge in [0.1, 0.15) is 11.9 Å². The molecule has 0 spiro atoms. The number of fused-ring (bicyclic) bond motifs is 3. The zero-order chi connectivity index (χ0) is 22.0. The number of anilines is 1. The van der Waals surface area contributed by atoms with Crippen LogP contribution < -0.4 is 10.6 Å². The first-order chi connectivity index (χ1) is 15.1. The van der Waals surface area contributed by atoms with Crippen LogP contribution in [0.1, 0.15) is 44.3 Å². The fourth-order valence-electron chi connectivity index (χ4n) is 5.64. The number of piperidine rings is 1. The second-order valence-electron chi connectivity index (χ2n) is 9.05. The van der Waals surface area contributed by atoms with Crippen LogP contribution in [0.15, 0.2) is 33.8 Å². The van der Waals surface area contributed by atoms with Crippen molar-refractivity contribution in [3.63, 3.8) is 0 Å². The van der Waals surface area contributed by atoms with E-state index in [4.69, 9.17) is 9.68 Å². The summed E-state index contributed by atoms with van der Waals surface area (Å²) in [7, 11) is 3.75. The minimum Gasteiger partial charge on any atom is -0.444 e. The molecule has 2 aromatic heterocycles. The number of hydrogen-bond donors (Lipinski definition) is 2. The second kappa shape index (κ2) is 9.72. The third-order valence-corrected chi connectivity index (χ3v) is 7.88. The molecule has 1 aliphatic heterocycles. The van der Waals surface area contributed by atoms with Crippen molar-refractivity contribution in [2.75, 3.05) is 26.0 Å². The Morgan fingerprint density at radius 2 is 2.00 bits per heavy atom. The molecule has 3 heterocycles. The summed E-state index contributed by atoms with van der Waals surface area (Å²) < 4.78 is 6.34. The number of halogens is 1. The molecule has 166 valence electrons. The molecule has 3 fully saturated rings. The van der Waals surface area contributed by atoms with Gasteiger partial charge in [0.2, 0.25) is 5.76 Å². The van der Waals surface area contributed by atoms with E-state index in [1.807, 2.05) is 20.2 Å². The largest absolute Gasteiger partial charge is 0.444 e. The molecule has 6 nitrogen and oxygen atoms in total. The highest BCUT2D eigenvalue weighted by Gasteiger charge is 2.45. The van der Waals surface area contributed by atoms with Crippen LogP contribution >= 0.6 is 15.9 Å². The number of aromatic nitrogens is 1. The quantitative estimate of drug-likeness (QED) is 0.598. The van der Waals surface area contributed by atoms with E-state index in [-0.39, 0.29) is 0 Å². The molecule has 2 saturated carbocycles. The Bertz CT molecular complexity index is 959. The van der Waals surface area contributed by atoms with Crippen molar-refractivity contribution in [1.29, 1.82) is 5.26 Å². The predicted octanol–water partition coefficient (Wildman–Crippen LogP) is 4.92. The molecular weight excluding hydrogens is 454 g/mol. The predicted molar refractivity (Wildman–Crippen MR) is 128 cm³/mol. The number of nitrogens with zero attached hydrogens (tertiary/aromatic N) is 3. The number of rotatable bonds is 4. The molecule has 1 saturated heterocycles. The van der Waals surface area contributed by atoms with Crippen LogP contribution in [0.2, 0.25) is 0 Å². The summed E-state index contributed by atoms with van der Waals surface area (Å²) in [6.45, 7) is 5.30. The SMILES string of the molecule is C=CC1CC2CC1CN2C1CCC(Nc2ncc3oc(C#N)cc3c2Br)CC1.CNC. The molecule has 31 heavy (non-hydrogen) atoms. The molecule has 3 unspecified atom stereocenters. The summed E-state index contributed by atoms with van der Waals surface area (Å²) in [5, 5.41) is 16.3. The van der Waals surface area contributed by atoms with E-state index in [1.165, 1.54) is 45.1 Å². The first kappa shape index (κ1) is 22.3.